The molecule has 0 spiro atoms. The number of carbonyl (C=O) groups excluding carboxylic acids is 1. The number of methoxy groups -OCH3 is 1. The molecular weight excluding hydrogens is 321 g/mol. The largest absolute Gasteiger partial charge is 0.496 e. The minimum absolute atomic E-state index is 0.123. The van der Waals surface area contributed by atoms with E-state index in [2.05, 4.69) is 0 Å². The second-order valence-electron chi connectivity index (χ2n) is 5.11. The van der Waals surface area contributed by atoms with Gasteiger partial charge in [0, 0.05) is 24.7 Å². The zero-order chi connectivity index (χ0) is 16.3. The highest BCUT2D eigenvalue weighted by atomic mass is 35.5. The van der Waals surface area contributed by atoms with Gasteiger partial charge in [0.1, 0.15) is 5.75 Å². The molecule has 22 heavy (non-hydrogen) atoms. The molecule has 0 saturated heterocycles. The van der Waals surface area contributed by atoms with Crippen molar-refractivity contribution in [2.75, 3.05) is 14.2 Å². The van der Waals surface area contributed by atoms with Crippen LogP contribution in [-0.4, -0.2) is 25.0 Å². The fraction of sp³-hybridized carbons (Fsp3) is 0.235. The summed E-state index contributed by atoms with van der Waals surface area (Å²) in [5.41, 5.74) is 2.58. The summed E-state index contributed by atoms with van der Waals surface area (Å²) in [6.45, 7) is 2.45. The van der Waals surface area contributed by atoms with E-state index in [1.165, 1.54) is 0 Å². The number of amides is 1. The normalized spacial score (nSPS) is 10.4. The topological polar surface area (TPSA) is 29.5 Å². The first-order valence-corrected chi connectivity index (χ1v) is 7.52. The van der Waals surface area contributed by atoms with Crippen molar-refractivity contribution >= 4 is 29.1 Å². The van der Waals surface area contributed by atoms with Crippen LogP contribution in [-0.2, 0) is 6.54 Å². The van der Waals surface area contributed by atoms with E-state index >= 15 is 0 Å². The van der Waals surface area contributed by atoms with Crippen LogP contribution in [0.3, 0.4) is 0 Å². The van der Waals surface area contributed by atoms with Gasteiger partial charge < -0.3 is 9.64 Å². The lowest BCUT2D eigenvalue weighted by Crippen LogP contribution is -2.26. The Balaban J connectivity index is 2.21. The van der Waals surface area contributed by atoms with Crippen LogP contribution in [0.1, 0.15) is 21.5 Å². The van der Waals surface area contributed by atoms with Crippen molar-refractivity contribution < 1.29 is 9.53 Å². The Morgan fingerprint density at radius 3 is 2.50 bits per heavy atom. The van der Waals surface area contributed by atoms with Crippen molar-refractivity contribution in [1.29, 1.82) is 0 Å². The van der Waals surface area contributed by atoms with Crippen molar-refractivity contribution in [2.45, 2.75) is 13.5 Å². The predicted molar refractivity (Wildman–Crippen MR) is 90.0 cm³/mol. The second-order valence-corrected chi connectivity index (χ2v) is 5.92. The van der Waals surface area contributed by atoms with Crippen molar-refractivity contribution in [3.05, 3.63) is 63.1 Å². The van der Waals surface area contributed by atoms with Gasteiger partial charge in [0.25, 0.3) is 5.91 Å². The molecule has 0 atom stereocenters. The zero-order valence-corrected chi connectivity index (χ0v) is 14.2. The molecule has 0 aromatic heterocycles. The van der Waals surface area contributed by atoms with Crippen LogP contribution in [0.25, 0.3) is 0 Å². The Kier molecular flexibility index (Phi) is 5.33. The molecule has 2 aromatic carbocycles. The molecular formula is C17H17Cl2NO2. The molecule has 0 radical (unpaired) electrons. The van der Waals surface area contributed by atoms with Crippen LogP contribution in [0.4, 0.5) is 0 Å². The number of rotatable bonds is 4. The molecule has 0 aliphatic carbocycles. The molecule has 3 nitrogen and oxygen atoms in total. The van der Waals surface area contributed by atoms with E-state index in [0.29, 0.717) is 22.2 Å². The summed E-state index contributed by atoms with van der Waals surface area (Å²) < 4.78 is 5.34. The van der Waals surface area contributed by atoms with Gasteiger partial charge in [-0.05, 0) is 31.2 Å². The Bertz CT molecular complexity index is 701. The average molecular weight is 338 g/mol. The number of carbonyl (C=O) groups is 1. The lowest BCUT2D eigenvalue weighted by molar-refractivity contribution is 0.0784. The summed E-state index contributed by atoms with van der Waals surface area (Å²) in [6, 6.07) is 10.8. The first-order chi connectivity index (χ1) is 10.4. The van der Waals surface area contributed by atoms with Gasteiger partial charge >= 0.3 is 0 Å². The minimum Gasteiger partial charge on any atom is -0.496 e. The Morgan fingerprint density at radius 1 is 1.14 bits per heavy atom. The highest BCUT2D eigenvalue weighted by Gasteiger charge is 2.15. The molecule has 1 amide bonds. The van der Waals surface area contributed by atoms with E-state index in [4.69, 9.17) is 27.9 Å². The molecule has 0 fully saturated rings. The highest BCUT2D eigenvalue weighted by Crippen LogP contribution is 2.25. The van der Waals surface area contributed by atoms with Gasteiger partial charge in [-0.2, -0.15) is 0 Å². The van der Waals surface area contributed by atoms with Crippen molar-refractivity contribution in [3.63, 3.8) is 0 Å². The molecule has 0 heterocycles. The van der Waals surface area contributed by atoms with E-state index in [9.17, 15) is 4.79 Å². The van der Waals surface area contributed by atoms with Crippen LogP contribution < -0.4 is 4.74 Å². The molecule has 5 heteroatoms. The number of aryl methyl sites for hydroxylation is 1. The van der Waals surface area contributed by atoms with Gasteiger partial charge in [-0.25, -0.2) is 0 Å². The summed E-state index contributed by atoms with van der Waals surface area (Å²) in [6.07, 6.45) is 0. The SMILES string of the molecule is COc1ccc(C)cc1CN(C)C(=O)c1ccc(Cl)c(Cl)c1. The summed E-state index contributed by atoms with van der Waals surface area (Å²) >= 11 is 11.8. The Hall–Kier alpha value is -1.71. The predicted octanol–water partition coefficient (Wildman–Crippen LogP) is 4.58. The fourth-order valence-electron chi connectivity index (χ4n) is 2.21. The first-order valence-electron chi connectivity index (χ1n) is 6.76. The van der Waals surface area contributed by atoms with Crippen molar-refractivity contribution in [1.82, 2.24) is 4.90 Å². The average Bonchev–Trinajstić information content (AvgIpc) is 2.49. The third-order valence-corrected chi connectivity index (χ3v) is 4.10. The van der Waals surface area contributed by atoms with Gasteiger partial charge in [-0.3, -0.25) is 4.79 Å². The Labute approximate surface area is 140 Å². The summed E-state index contributed by atoms with van der Waals surface area (Å²) in [5.74, 6) is 0.640. The van der Waals surface area contributed by atoms with Crippen LogP contribution >= 0.6 is 23.2 Å². The van der Waals surface area contributed by atoms with Gasteiger partial charge in [0.2, 0.25) is 0 Å². The molecule has 0 N–H and O–H groups in total. The third-order valence-electron chi connectivity index (χ3n) is 3.36. The molecule has 0 aliphatic heterocycles. The lowest BCUT2D eigenvalue weighted by atomic mass is 10.1. The summed E-state index contributed by atoms with van der Waals surface area (Å²) in [7, 11) is 3.36. The number of ether oxygens (including phenoxy) is 1. The number of halogens is 2. The van der Waals surface area contributed by atoms with Crippen LogP contribution in [0.5, 0.6) is 5.75 Å². The van der Waals surface area contributed by atoms with E-state index in [-0.39, 0.29) is 5.91 Å². The van der Waals surface area contributed by atoms with Crippen LogP contribution in [0.15, 0.2) is 36.4 Å². The van der Waals surface area contributed by atoms with E-state index in [1.807, 2.05) is 25.1 Å². The van der Waals surface area contributed by atoms with Crippen molar-refractivity contribution in [3.8, 4) is 5.75 Å². The summed E-state index contributed by atoms with van der Waals surface area (Å²) in [5, 5.41) is 0.801. The zero-order valence-electron chi connectivity index (χ0n) is 12.7. The van der Waals surface area contributed by atoms with E-state index < -0.39 is 0 Å². The van der Waals surface area contributed by atoms with Gasteiger partial charge in [-0.15, -0.1) is 0 Å². The van der Waals surface area contributed by atoms with E-state index in [1.54, 1.807) is 37.3 Å². The molecule has 0 bridgehead atoms. The standard InChI is InChI=1S/C17H17Cl2NO2/c1-11-4-7-16(22-3)13(8-11)10-20(2)17(21)12-5-6-14(18)15(19)9-12/h4-9H,10H2,1-3H3. The minimum atomic E-state index is -0.123. The van der Waals surface area contributed by atoms with Crippen molar-refractivity contribution in [2.24, 2.45) is 0 Å². The smallest absolute Gasteiger partial charge is 0.253 e. The first kappa shape index (κ1) is 16.7. The highest BCUT2D eigenvalue weighted by molar-refractivity contribution is 6.42. The second kappa shape index (κ2) is 7.03. The molecule has 2 rings (SSSR count). The van der Waals surface area contributed by atoms with E-state index in [0.717, 1.165) is 16.9 Å². The third kappa shape index (κ3) is 3.73. The van der Waals surface area contributed by atoms with Crippen LogP contribution in [0, 0.1) is 6.92 Å². The number of nitrogens with zero attached hydrogens (tertiary/aromatic N) is 1. The lowest BCUT2D eigenvalue weighted by Gasteiger charge is -2.19. The quantitative estimate of drug-likeness (QED) is 0.816. The summed E-state index contributed by atoms with van der Waals surface area (Å²) in [4.78, 5) is 14.1. The molecule has 0 saturated carbocycles. The van der Waals surface area contributed by atoms with Crippen LogP contribution in [0.2, 0.25) is 10.0 Å². The van der Waals surface area contributed by atoms with Gasteiger partial charge in [0.05, 0.1) is 17.2 Å². The molecule has 2 aromatic rings. The molecule has 0 unspecified atom stereocenters. The molecule has 116 valence electrons. The maximum atomic E-state index is 12.5. The molecule has 0 aliphatic rings. The maximum Gasteiger partial charge on any atom is 0.253 e. The Morgan fingerprint density at radius 2 is 1.86 bits per heavy atom. The number of benzene rings is 2. The monoisotopic (exact) mass is 337 g/mol. The fourth-order valence-corrected chi connectivity index (χ4v) is 2.51. The van der Waals surface area contributed by atoms with Gasteiger partial charge in [0.15, 0.2) is 0 Å². The number of hydrogen-bond acceptors (Lipinski definition) is 2. The van der Waals surface area contributed by atoms with Gasteiger partial charge in [-0.1, -0.05) is 40.9 Å². The number of hydrogen-bond donors (Lipinski definition) is 0. The maximum absolute atomic E-state index is 12.5.